The van der Waals surface area contributed by atoms with Crippen molar-refractivity contribution in [1.82, 2.24) is 0 Å². The summed E-state index contributed by atoms with van der Waals surface area (Å²) in [5.74, 6) is 1.21. The van der Waals surface area contributed by atoms with Crippen LogP contribution < -0.4 is 10.1 Å². The molecule has 0 saturated carbocycles. The Hall–Kier alpha value is -2.29. The number of hydrogen-bond acceptors (Lipinski definition) is 2. The lowest BCUT2D eigenvalue weighted by Gasteiger charge is -2.15. The molecule has 1 N–H and O–H groups in total. The van der Waals surface area contributed by atoms with Crippen molar-refractivity contribution in [3.05, 3.63) is 59.7 Å². The number of benzene rings is 2. The van der Waals surface area contributed by atoms with Gasteiger partial charge in [-0.1, -0.05) is 51.1 Å². The molecule has 3 nitrogen and oxygen atoms in total. The van der Waals surface area contributed by atoms with Gasteiger partial charge in [-0.2, -0.15) is 0 Å². The molecule has 0 aliphatic heterocycles. The van der Waals surface area contributed by atoms with Crippen molar-refractivity contribution >= 4 is 11.6 Å². The van der Waals surface area contributed by atoms with E-state index in [0.29, 0.717) is 18.9 Å². The Balaban J connectivity index is 1.85. The quantitative estimate of drug-likeness (QED) is 0.727. The van der Waals surface area contributed by atoms with Gasteiger partial charge in [0.15, 0.2) is 0 Å². The summed E-state index contributed by atoms with van der Waals surface area (Å²) < 4.78 is 5.65. The highest BCUT2D eigenvalue weighted by Gasteiger charge is 2.11. The highest BCUT2D eigenvalue weighted by Crippen LogP contribution is 2.26. The van der Waals surface area contributed by atoms with Gasteiger partial charge in [0.25, 0.3) is 0 Å². The molecular weight excluding hydrogens is 298 g/mol. The molecule has 0 aliphatic rings. The zero-order valence-corrected chi connectivity index (χ0v) is 14.8. The molecule has 128 valence electrons. The Morgan fingerprint density at radius 2 is 1.79 bits per heavy atom. The molecule has 24 heavy (non-hydrogen) atoms. The first-order valence-corrected chi connectivity index (χ1v) is 8.74. The number of carbonyl (C=O) groups excluding carboxylic acids is 1. The highest BCUT2D eigenvalue weighted by atomic mass is 16.5. The molecule has 2 rings (SSSR count). The second kappa shape index (κ2) is 9.11. The van der Waals surface area contributed by atoms with Gasteiger partial charge in [-0.3, -0.25) is 4.79 Å². The molecule has 0 aromatic heterocycles. The van der Waals surface area contributed by atoms with Gasteiger partial charge in [-0.05, 0) is 48.1 Å². The summed E-state index contributed by atoms with van der Waals surface area (Å²) in [4.78, 5) is 12.2. The molecule has 0 bridgehead atoms. The summed E-state index contributed by atoms with van der Waals surface area (Å²) in [6.45, 7) is 6.83. The van der Waals surface area contributed by atoms with E-state index in [0.717, 1.165) is 24.3 Å². The van der Waals surface area contributed by atoms with Gasteiger partial charge in [0.1, 0.15) is 5.75 Å². The molecule has 1 unspecified atom stereocenters. The van der Waals surface area contributed by atoms with Crippen molar-refractivity contribution in [3.63, 3.8) is 0 Å². The standard InChI is InChI=1S/C21H27NO2/c1-4-16(3)19-8-6-7-9-20(19)22-21(23)14-15-24-18-12-10-17(5-2)11-13-18/h6-13,16H,4-5,14-15H2,1-3H3,(H,22,23). The topological polar surface area (TPSA) is 38.3 Å². The Kier molecular flexibility index (Phi) is 6.86. The van der Waals surface area contributed by atoms with Crippen LogP contribution in [0.2, 0.25) is 0 Å². The SMILES string of the molecule is CCc1ccc(OCCC(=O)Nc2ccccc2C(C)CC)cc1. The third-order valence-corrected chi connectivity index (χ3v) is 4.31. The van der Waals surface area contributed by atoms with E-state index in [2.05, 4.69) is 44.3 Å². The number of rotatable bonds is 8. The van der Waals surface area contributed by atoms with Gasteiger partial charge in [0.2, 0.25) is 5.91 Å². The number of amides is 1. The van der Waals surface area contributed by atoms with Gasteiger partial charge in [0, 0.05) is 5.69 Å². The first-order chi connectivity index (χ1) is 11.6. The molecule has 0 aliphatic carbocycles. The highest BCUT2D eigenvalue weighted by molar-refractivity contribution is 5.91. The largest absolute Gasteiger partial charge is 0.493 e. The van der Waals surface area contributed by atoms with E-state index >= 15 is 0 Å². The molecule has 0 heterocycles. The normalized spacial score (nSPS) is 11.8. The predicted molar refractivity (Wildman–Crippen MR) is 99.7 cm³/mol. The zero-order valence-electron chi connectivity index (χ0n) is 14.8. The van der Waals surface area contributed by atoms with Crippen LogP contribution in [0.25, 0.3) is 0 Å². The van der Waals surface area contributed by atoms with Crippen LogP contribution >= 0.6 is 0 Å². The van der Waals surface area contributed by atoms with Crippen molar-refractivity contribution in [2.75, 3.05) is 11.9 Å². The second-order valence-corrected chi connectivity index (χ2v) is 6.04. The average Bonchev–Trinajstić information content (AvgIpc) is 2.62. The third kappa shape index (κ3) is 5.12. The fraction of sp³-hybridized carbons (Fsp3) is 0.381. The first-order valence-electron chi connectivity index (χ1n) is 8.74. The summed E-state index contributed by atoms with van der Waals surface area (Å²) in [5.41, 5.74) is 3.37. The van der Waals surface area contributed by atoms with Crippen molar-refractivity contribution in [3.8, 4) is 5.75 Å². The molecule has 1 amide bonds. The van der Waals surface area contributed by atoms with Crippen LogP contribution in [0.5, 0.6) is 5.75 Å². The molecule has 0 saturated heterocycles. The number of aryl methyl sites for hydroxylation is 1. The maximum absolute atomic E-state index is 12.2. The summed E-state index contributed by atoms with van der Waals surface area (Å²) in [6, 6.07) is 16.0. The number of para-hydroxylation sites is 1. The maximum Gasteiger partial charge on any atom is 0.227 e. The monoisotopic (exact) mass is 325 g/mol. The van der Waals surface area contributed by atoms with Gasteiger partial charge in [-0.15, -0.1) is 0 Å². The molecule has 2 aromatic carbocycles. The van der Waals surface area contributed by atoms with Crippen molar-refractivity contribution in [2.24, 2.45) is 0 Å². The van der Waals surface area contributed by atoms with Crippen LogP contribution in [-0.4, -0.2) is 12.5 Å². The lowest BCUT2D eigenvalue weighted by molar-refractivity contribution is -0.116. The summed E-state index contributed by atoms with van der Waals surface area (Å²) in [7, 11) is 0. The van der Waals surface area contributed by atoms with Crippen molar-refractivity contribution in [1.29, 1.82) is 0 Å². The zero-order chi connectivity index (χ0) is 17.4. The van der Waals surface area contributed by atoms with Gasteiger partial charge >= 0.3 is 0 Å². The van der Waals surface area contributed by atoms with E-state index < -0.39 is 0 Å². The smallest absolute Gasteiger partial charge is 0.227 e. The fourth-order valence-corrected chi connectivity index (χ4v) is 2.56. The molecule has 1 atom stereocenters. The minimum Gasteiger partial charge on any atom is -0.493 e. The van der Waals surface area contributed by atoms with Gasteiger partial charge < -0.3 is 10.1 Å². The number of hydrogen-bond donors (Lipinski definition) is 1. The van der Waals surface area contributed by atoms with Crippen LogP contribution in [0, 0.1) is 0 Å². The first kappa shape index (κ1) is 18.1. The minimum atomic E-state index is -0.0177. The maximum atomic E-state index is 12.2. The van der Waals surface area contributed by atoms with E-state index in [1.54, 1.807) is 0 Å². The molecular formula is C21H27NO2. The summed E-state index contributed by atoms with van der Waals surface area (Å²) >= 11 is 0. The number of carbonyl (C=O) groups is 1. The molecule has 0 fully saturated rings. The Morgan fingerprint density at radius 1 is 1.08 bits per heavy atom. The van der Waals surface area contributed by atoms with Crippen LogP contribution in [0.4, 0.5) is 5.69 Å². The van der Waals surface area contributed by atoms with Gasteiger partial charge in [-0.25, -0.2) is 0 Å². The fourth-order valence-electron chi connectivity index (χ4n) is 2.56. The van der Waals surface area contributed by atoms with Crippen LogP contribution in [0.15, 0.2) is 48.5 Å². The summed E-state index contributed by atoms with van der Waals surface area (Å²) in [5, 5.41) is 3.01. The van der Waals surface area contributed by atoms with Crippen molar-refractivity contribution < 1.29 is 9.53 Å². The van der Waals surface area contributed by atoms with E-state index in [1.165, 1.54) is 11.1 Å². The van der Waals surface area contributed by atoms with E-state index in [1.807, 2.05) is 30.3 Å². The van der Waals surface area contributed by atoms with Crippen LogP contribution in [-0.2, 0) is 11.2 Å². The average molecular weight is 325 g/mol. The third-order valence-electron chi connectivity index (χ3n) is 4.31. The molecule has 3 heteroatoms. The van der Waals surface area contributed by atoms with Gasteiger partial charge in [0.05, 0.1) is 13.0 Å². The Labute approximate surface area is 145 Å². The minimum absolute atomic E-state index is 0.0177. The van der Waals surface area contributed by atoms with Crippen LogP contribution in [0.3, 0.4) is 0 Å². The van der Waals surface area contributed by atoms with Crippen LogP contribution in [0.1, 0.15) is 50.7 Å². The van der Waals surface area contributed by atoms with E-state index in [-0.39, 0.29) is 5.91 Å². The Morgan fingerprint density at radius 3 is 2.46 bits per heavy atom. The van der Waals surface area contributed by atoms with E-state index in [9.17, 15) is 4.79 Å². The lowest BCUT2D eigenvalue weighted by atomic mass is 9.97. The predicted octanol–water partition coefficient (Wildman–Crippen LogP) is 5.17. The second-order valence-electron chi connectivity index (χ2n) is 6.04. The lowest BCUT2D eigenvalue weighted by Crippen LogP contribution is -2.16. The van der Waals surface area contributed by atoms with Crippen molar-refractivity contribution in [2.45, 2.75) is 46.0 Å². The number of ether oxygens (including phenoxy) is 1. The Bertz CT molecular complexity index is 649. The summed E-state index contributed by atoms with van der Waals surface area (Å²) in [6.07, 6.45) is 2.40. The molecule has 0 spiro atoms. The number of anilines is 1. The number of nitrogens with one attached hydrogen (secondary N) is 1. The molecule has 2 aromatic rings. The van der Waals surface area contributed by atoms with E-state index in [4.69, 9.17) is 4.74 Å². The molecule has 0 radical (unpaired) electrons.